The minimum Gasteiger partial charge on any atom is -0.393 e. The number of nitrogens with zero attached hydrogens (tertiary/aromatic N) is 1. The van der Waals surface area contributed by atoms with E-state index in [9.17, 15) is 5.11 Å². The van der Waals surface area contributed by atoms with Crippen LogP contribution in [0.5, 0.6) is 0 Å². The van der Waals surface area contributed by atoms with E-state index < -0.39 is 0 Å². The Hall–Kier alpha value is -0.0800. The molecular formula is C16H31NO. The molecule has 2 heteroatoms. The lowest BCUT2D eigenvalue weighted by molar-refractivity contribution is 0.0458. The zero-order chi connectivity index (χ0) is 13.3. The van der Waals surface area contributed by atoms with Crippen molar-refractivity contribution in [3.05, 3.63) is 0 Å². The zero-order valence-electron chi connectivity index (χ0n) is 12.7. The third-order valence-electron chi connectivity index (χ3n) is 5.21. The maximum absolute atomic E-state index is 10.1. The fraction of sp³-hybridized carbons (Fsp3) is 1.00. The summed E-state index contributed by atoms with van der Waals surface area (Å²) in [6.45, 7) is 8.64. The van der Waals surface area contributed by atoms with Gasteiger partial charge in [-0.1, -0.05) is 27.2 Å². The molecule has 2 saturated carbocycles. The molecule has 2 nitrogen and oxygen atoms in total. The molecule has 18 heavy (non-hydrogen) atoms. The third kappa shape index (κ3) is 3.48. The van der Waals surface area contributed by atoms with Crippen LogP contribution in [0.15, 0.2) is 0 Å². The summed E-state index contributed by atoms with van der Waals surface area (Å²) < 4.78 is 0. The Labute approximate surface area is 113 Å². The van der Waals surface area contributed by atoms with E-state index in [1.54, 1.807) is 0 Å². The number of aliphatic hydroxyl groups excluding tert-OH is 1. The normalized spacial score (nSPS) is 33.3. The number of hydrogen-bond acceptors (Lipinski definition) is 2. The van der Waals surface area contributed by atoms with Gasteiger partial charge in [0.1, 0.15) is 0 Å². The first-order valence-electron chi connectivity index (χ1n) is 7.73. The van der Waals surface area contributed by atoms with Crippen molar-refractivity contribution in [3.8, 4) is 0 Å². The van der Waals surface area contributed by atoms with E-state index in [0.717, 1.165) is 30.7 Å². The highest BCUT2D eigenvalue weighted by Gasteiger charge is 2.39. The van der Waals surface area contributed by atoms with Crippen LogP contribution in [0.1, 0.15) is 52.9 Å². The monoisotopic (exact) mass is 253 g/mol. The summed E-state index contributed by atoms with van der Waals surface area (Å²) in [5.74, 6) is 3.01. The minimum atomic E-state index is -0.181. The van der Waals surface area contributed by atoms with Crippen LogP contribution in [0.25, 0.3) is 0 Å². The Morgan fingerprint density at radius 2 is 1.94 bits per heavy atom. The van der Waals surface area contributed by atoms with Crippen LogP contribution in [-0.4, -0.2) is 36.2 Å². The van der Waals surface area contributed by atoms with Crippen molar-refractivity contribution in [2.75, 3.05) is 20.1 Å². The number of aliphatic hydroxyl groups is 1. The van der Waals surface area contributed by atoms with Crippen molar-refractivity contribution in [3.63, 3.8) is 0 Å². The van der Waals surface area contributed by atoms with Gasteiger partial charge in [0.05, 0.1) is 6.10 Å². The van der Waals surface area contributed by atoms with E-state index in [1.807, 2.05) is 0 Å². The van der Waals surface area contributed by atoms with Crippen molar-refractivity contribution >= 4 is 0 Å². The van der Waals surface area contributed by atoms with E-state index in [2.05, 4.69) is 32.7 Å². The quantitative estimate of drug-likeness (QED) is 0.813. The van der Waals surface area contributed by atoms with Crippen LogP contribution in [0.3, 0.4) is 0 Å². The summed E-state index contributed by atoms with van der Waals surface area (Å²) in [4.78, 5) is 2.44. The fourth-order valence-electron chi connectivity index (χ4n) is 3.87. The molecule has 0 saturated heterocycles. The summed E-state index contributed by atoms with van der Waals surface area (Å²) in [6.07, 6.45) is 6.67. The van der Waals surface area contributed by atoms with Gasteiger partial charge in [-0.2, -0.15) is 0 Å². The summed E-state index contributed by atoms with van der Waals surface area (Å²) >= 11 is 0. The minimum absolute atomic E-state index is 0.0211. The fourth-order valence-corrected chi connectivity index (χ4v) is 3.87. The first-order valence-corrected chi connectivity index (χ1v) is 7.73. The summed E-state index contributed by atoms with van der Waals surface area (Å²) in [6, 6.07) is 0. The van der Waals surface area contributed by atoms with Gasteiger partial charge in [0, 0.05) is 13.1 Å². The molecule has 0 aromatic heterocycles. The maximum Gasteiger partial charge on any atom is 0.0600 e. The van der Waals surface area contributed by atoms with E-state index in [1.165, 1.54) is 32.2 Å². The molecule has 2 rings (SSSR count). The van der Waals surface area contributed by atoms with Gasteiger partial charge in [-0.05, 0) is 55.9 Å². The smallest absolute Gasteiger partial charge is 0.0600 e. The van der Waals surface area contributed by atoms with Gasteiger partial charge in [0.2, 0.25) is 0 Å². The van der Waals surface area contributed by atoms with E-state index in [4.69, 9.17) is 0 Å². The van der Waals surface area contributed by atoms with E-state index >= 15 is 0 Å². The third-order valence-corrected chi connectivity index (χ3v) is 5.21. The molecule has 4 atom stereocenters. The molecule has 0 heterocycles. The highest BCUT2D eigenvalue weighted by Crippen LogP contribution is 2.48. The van der Waals surface area contributed by atoms with Gasteiger partial charge < -0.3 is 10.0 Å². The Morgan fingerprint density at radius 1 is 1.22 bits per heavy atom. The lowest BCUT2D eigenvalue weighted by atomic mass is 9.86. The van der Waals surface area contributed by atoms with Gasteiger partial charge >= 0.3 is 0 Å². The number of fused-ring (bicyclic) bond motifs is 2. The summed E-state index contributed by atoms with van der Waals surface area (Å²) in [7, 11) is 2.22. The van der Waals surface area contributed by atoms with Crippen molar-refractivity contribution in [2.45, 2.75) is 59.0 Å². The predicted octanol–water partition coefficient (Wildman–Crippen LogP) is 3.15. The molecule has 2 fully saturated rings. The molecule has 1 N–H and O–H groups in total. The standard InChI is InChI=1S/C16H31NO/c1-16(2,3)15(18)7-8-17(4)11-14-10-12-5-6-13(14)9-12/h12-15,18H,5-11H2,1-4H3. The lowest BCUT2D eigenvalue weighted by Crippen LogP contribution is -2.34. The molecule has 0 amide bonds. The molecule has 2 aliphatic carbocycles. The van der Waals surface area contributed by atoms with Crippen LogP contribution in [0.2, 0.25) is 0 Å². The highest BCUT2D eigenvalue weighted by molar-refractivity contribution is 4.91. The van der Waals surface area contributed by atoms with Crippen LogP contribution in [-0.2, 0) is 0 Å². The molecule has 106 valence electrons. The van der Waals surface area contributed by atoms with Crippen LogP contribution in [0.4, 0.5) is 0 Å². The molecular weight excluding hydrogens is 222 g/mol. The second-order valence-corrected chi connectivity index (χ2v) is 7.87. The topological polar surface area (TPSA) is 23.5 Å². The predicted molar refractivity (Wildman–Crippen MR) is 76.5 cm³/mol. The van der Waals surface area contributed by atoms with Gasteiger partial charge in [-0.25, -0.2) is 0 Å². The zero-order valence-corrected chi connectivity index (χ0v) is 12.7. The Kier molecular flexibility index (Phi) is 4.38. The maximum atomic E-state index is 10.1. The van der Waals surface area contributed by atoms with E-state index in [0.29, 0.717) is 0 Å². The second-order valence-electron chi connectivity index (χ2n) is 7.87. The molecule has 0 radical (unpaired) electrons. The molecule has 0 aliphatic heterocycles. The average molecular weight is 253 g/mol. The molecule has 0 aromatic carbocycles. The molecule has 4 unspecified atom stereocenters. The van der Waals surface area contributed by atoms with Crippen molar-refractivity contribution < 1.29 is 5.11 Å². The Balaban J connectivity index is 1.68. The Morgan fingerprint density at radius 3 is 2.44 bits per heavy atom. The molecule has 2 aliphatic rings. The highest BCUT2D eigenvalue weighted by atomic mass is 16.3. The number of rotatable bonds is 5. The van der Waals surface area contributed by atoms with Gasteiger partial charge in [0.15, 0.2) is 0 Å². The largest absolute Gasteiger partial charge is 0.393 e. The first-order chi connectivity index (χ1) is 8.36. The first kappa shape index (κ1) is 14.3. The molecule has 0 spiro atoms. The summed E-state index contributed by atoms with van der Waals surface area (Å²) in [5, 5.41) is 10.1. The second kappa shape index (κ2) is 5.50. The Bertz CT molecular complexity index is 271. The van der Waals surface area contributed by atoms with Crippen molar-refractivity contribution in [1.29, 1.82) is 0 Å². The molecule has 2 bridgehead atoms. The lowest BCUT2D eigenvalue weighted by Gasteiger charge is -2.30. The van der Waals surface area contributed by atoms with Crippen LogP contribution < -0.4 is 0 Å². The van der Waals surface area contributed by atoms with Gasteiger partial charge in [0.25, 0.3) is 0 Å². The van der Waals surface area contributed by atoms with Crippen molar-refractivity contribution in [2.24, 2.45) is 23.2 Å². The summed E-state index contributed by atoms with van der Waals surface area (Å²) in [5.41, 5.74) is 0.0211. The van der Waals surface area contributed by atoms with Crippen LogP contribution in [0, 0.1) is 23.2 Å². The van der Waals surface area contributed by atoms with Gasteiger partial charge in [-0.15, -0.1) is 0 Å². The van der Waals surface area contributed by atoms with Crippen LogP contribution >= 0.6 is 0 Å². The van der Waals surface area contributed by atoms with E-state index in [-0.39, 0.29) is 11.5 Å². The molecule has 0 aromatic rings. The van der Waals surface area contributed by atoms with Crippen molar-refractivity contribution in [1.82, 2.24) is 4.90 Å². The van der Waals surface area contributed by atoms with Gasteiger partial charge in [-0.3, -0.25) is 0 Å². The average Bonchev–Trinajstić information content (AvgIpc) is 2.86. The SMILES string of the molecule is CN(CCC(O)C(C)(C)C)CC1CC2CCC1C2. The number of hydrogen-bond donors (Lipinski definition) is 1.